The highest BCUT2D eigenvalue weighted by molar-refractivity contribution is 6.07. The lowest BCUT2D eigenvalue weighted by atomic mass is 9.99. The van der Waals surface area contributed by atoms with Crippen LogP contribution in [-0.2, 0) is 0 Å². The molecule has 24 heavy (non-hydrogen) atoms. The molecule has 3 aromatic rings. The molecule has 0 aliphatic rings. The molecule has 0 fully saturated rings. The second-order valence-electron chi connectivity index (χ2n) is 5.94. The lowest BCUT2D eigenvalue weighted by Gasteiger charge is -2.15. The summed E-state index contributed by atoms with van der Waals surface area (Å²) >= 11 is 0. The van der Waals surface area contributed by atoms with Crippen molar-refractivity contribution in [2.75, 3.05) is 11.1 Å². The zero-order valence-corrected chi connectivity index (χ0v) is 13.8. The molecule has 0 aliphatic carbocycles. The van der Waals surface area contributed by atoms with Crippen molar-refractivity contribution in [2.45, 2.75) is 13.8 Å². The lowest BCUT2D eigenvalue weighted by Crippen LogP contribution is -2.13. The van der Waals surface area contributed by atoms with Crippen LogP contribution in [0.1, 0.15) is 21.5 Å². The fourth-order valence-corrected chi connectivity index (χ4v) is 2.71. The minimum Gasteiger partial charge on any atom is -0.399 e. The Morgan fingerprint density at radius 2 is 1.62 bits per heavy atom. The highest BCUT2D eigenvalue weighted by Gasteiger charge is 2.12. The van der Waals surface area contributed by atoms with Gasteiger partial charge >= 0.3 is 0 Å². The summed E-state index contributed by atoms with van der Waals surface area (Å²) in [5.74, 6) is -0.141. The smallest absolute Gasteiger partial charge is 0.255 e. The van der Waals surface area contributed by atoms with E-state index in [1.54, 1.807) is 24.3 Å². The standard InChI is InChI=1S/C21H20N2O/c1-14-5-3-7-17(13-14)19-8-4-6-15(2)20(19)23-21(24)16-9-11-18(22)12-10-16/h3-13H,22H2,1-2H3,(H,23,24). The first-order chi connectivity index (χ1) is 11.5. The first-order valence-corrected chi connectivity index (χ1v) is 7.88. The van der Waals surface area contributed by atoms with Gasteiger partial charge in [0.1, 0.15) is 0 Å². The van der Waals surface area contributed by atoms with Crippen LogP contribution in [0.2, 0.25) is 0 Å². The number of hydrogen-bond acceptors (Lipinski definition) is 2. The number of aryl methyl sites for hydroxylation is 2. The Morgan fingerprint density at radius 3 is 2.33 bits per heavy atom. The Morgan fingerprint density at radius 1 is 0.917 bits per heavy atom. The van der Waals surface area contributed by atoms with Crippen molar-refractivity contribution in [1.29, 1.82) is 0 Å². The van der Waals surface area contributed by atoms with Crippen LogP contribution in [-0.4, -0.2) is 5.91 Å². The molecule has 3 nitrogen and oxygen atoms in total. The second-order valence-corrected chi connectivity index (χ2v) is 5.94. The molecule has 0 saturated carbocycles. The average molecular weight is 316 g/mol. The van der Waals surface area contributed by atoms with Gasteiger partial charge in [0.15, 0.2) is 0 Å². The first kappa shape index (κ1) is 15.8. The van der Waals surface area contributed by atoms with Crippen molar-refractivity contribution in [2.24, 2.45) is 0 Å². The number of hydrogen-bond donors (Lipinski definition) is 2. The van der Waals surface area contributed by atoms with Crippen molar-refractivity contribution < 1.29 is 4.79 Å². The maximum atomic E-state index is 12.6. The van der Waals surface area contributed by atoms with Gasteiger partial charge in [0.25, 0.3) is 5.91 Å². The summed E-state index contributed by atoms with van der Waals surface area (Å²) in [5, 5.41) is 3.05. The van der Waals surface area contributed by atoms with Crippen molar-refractivity contribution >= 4 is 17.3 Å². The van der Waals surface area contributed by atoms with Crippen molar-refractivity contribution in [3.8, 4) is 11.1 Å². The molecule has 0 aliphatic heterocycles. The molecule has 120 valence electrons. The molecule has 3 heteroatoms. The van der Waals surface area contributed by atoms with Gasteiger partial charge in [0.2, 0.25) is 0 Å². The summed E-state index contributed by atoms with van der Waals surface area (Å²) in [6, 6.07) is 21.2. The zero-order valence-electron chi connectivity index (χ0n) is 13.8. The number of carbonyl (C=O) groups is 1. The minimum absolute atomic E-state index is 0.141. The van der Waals surface area contributed by atoms with E-state index in [4.69, 9.17) is 5.73 Å². The quantitative estimate of drug-likeness (QED) is 0.682. The maximum absolute atomic E-state index is 12.6. The van der Waals surface area contributed by atoms with Gasteiger partial charge in [0.05, 0.1) is 5.69 Å². The number of nitrogens with two attached hydrogens (primary N) is 1. The molecule has 0 unspecified atom stereocenters. The van der Waals surface area contributed by atoms with Crippen LogP contribution in [0.5, 0.6) is 0 Å². The number of benzene rings is 3. The summed E-state index contributed by atoms with van der Waals surface area (Å²) in [5.41, 5.74) is 12.1. The molecule has 3 rings (SSSR count). The normalized spacial score (nSPS) is 10.4. The van der Waals surface area contributed by atoms with Gasteiger partial charge < -0.3 is 11.1 Å². The SMILES string of the molecule is Cc1cccc(-c2cccc(C)c2NC(=O)c2ccc(N)cc2)c1. The van der Waals surface area contributed by atoms with E-state index in [0.29, 0.717) is 11.3 Å². The van der Waals surface area contributed by atoms with E-state index in [2.05, 4.69) is 30.4 Å². The fourth-order valence-electron chi connectivity index (χ4n) is 2.71. The largest absolute Gasteiger partial charge is 0.399 e. The Hall–Kier alpha value is -3.07. The highest BCUT2D eigenvalue weighted by atomic mass is 16.1. The molecule has 3 N–H and O–H groups in total. The van der Waals surface area contributed by atoms with E-state index in [9.17, 15) is 4.79 Å². The third kappa shape index (κ3) is 3.30. The van der Waals surface area contributed by atoms with E-state index in [1.165, 1.54) is 5.56 Å². The Bertz CT molecular complexity index is 883. The molecule has 0 aromatic heterocycles. The van der Waals surface area contributed by atoms with Gasteiger partial charge in [-0.3, -0.25) is 4.79 Å². The third-order valence-electron chi connectivity index (χ3n) is 4.01. The number of para-hydroxylation sites is 1. The van der Waals surface area contributed by atoms with Crippen LogP contribution in [0.4, 0.5) is 11.4 Å². The second kappa shape index (κ2) is 6.59. The molecule has 0 bridgehead atoms. The van der Waals surface area contributed by atoms with E-state index in [-0.39, 0.29) is 5.91 Å². The molecular formula is C21H20N2O. The van der Waals surface area contributed by atoms with Gasteiger partial charge in [-0.1, -0.05) is 48.0 Å². The average Bonchev–Trinajstić information content (AvgIpc) is 2.57. The molecule has 0 heterocycles. The van der Waals surface area contributed by atoms with Crippen LogP contribution < -0.4 is 11.1 Å². The van der Waals surface area contributed by atoms with Gasteiger partial charge in [0, 0.05) is 16.8 Å². The Labute approximate surface area is 142 Å². The molecule has 1 amide bonds. The summed E-state index contributed by atoms with van der Waals surface area (Å²) in [6.45, 7) is 4.06. The first-order valence-electron chi connectivity index (χ1n) is 7.88. The summed E-state index contributed by atoms with van der Waals surface area (Å²) in [4.78, 5) is 12.6. The molecule has 0 saturated heterocycles. The van der Waals surface area contributed by atoms with Crippen LogP contribution in [0.25, 0.3) is 11.1 Å². The summed E-state index contributed by atoms with van der Waals surface area (Å²) < 4.78 is 0. The maximum Gasteiger partial charge on any atom is 0.255 e. The lowest BCUT2D eigenvalue weighted by molar-refractivity contribution is 0.102. The van der Waals surface area contributed by atoms with Crippen LogP contribution >= 0.6 is 0 Å². The zero-order chi connectivity index (χ0) is 17.1. The fraction of sp³-hybridized carbons (Fsp3) is 0.0952. The van der Waals surface area contributed by atoms with Gasteiger partial charge in [-0.25, -0.2) is 0 Å². The van der Waals surface area contributed by atoms with Gasteiger partial charge in [-0.15, -0.1) is 0 Å². The van der Waals surface area contributed by atoms with Crippen LogP contribution in [0.15, 0.2) is 66.7 Å². The van der Waals surface area contributed by atoms with Crippen molar-refractivity contribution in [3.05, 3.63) is 83.4 Å². The van der Waals surface area contributed by atoms with Gasteiger partial charge in [-0.2, -0.15) is 0 Å². The van der Waals surface area contributed by atoms with E-state index in [0.717, 1.165) is 22.4 Å². The number of amides is 1. The summed E-state index contributed by atoms with van der Waals surface area (Å²) in [6.07, 6.45) is 0. The molecule has 0 atom stereocenters. The number of rotatable bonds is 3. The van der Waals surface area contributed by atoms with Crippen molar-refractivity contribution in [3.63, 3.8) is 0 Å². The predicted octanol–water partition coefficient (Wildman–Crippen LogP) is 4.80. The molecule has 0 radical (unpaired) electrons. The molecule has 0 spiro atoms. The third-order valence-corrected chi connectivity index (χ3v) is 4.01. The van der Waals surface area contributed by atoms with Gasteiger partial charge in [-0.05, 0) is 49.2 Å². The topological polar surface area (TPSA) is 55.1 Å². The van der Waals surface area contributed by atoms with Crippen LogP contribution in [0.3, 0.4) is 0 Å². The number of nitrogen functional groups attached to an aromatic ring is 1. The monoisotopic (exact) mass is 316 g/mol. The van der Waals surface area contributed by atoms with Crippen molar-refractivity contribution in [1.82, 2.24) is 0 Å². The Kier molecular flexibility index (Phi) is 4.34. The van der Waals surface area contributed by atoms with E-state index in [1.807, 2.05) is 31.2 Å². The van der Waals surface area contributed by atoms with E-state index < -0.39 is 0 Å². The number of nitrogens with one attached hydrogen (secondary N) is 1. The molecule has 3 aromatic carbocycles. The van der Waals surface area contributed by atoms with E-state index >= 15 is 0 Å². The molecular weight excluding hydrogens is 296 g/mol. The summed E-state index contributed by atoms with van der Waals surface area (Å²) in [7, 11) is 0. The number of carbonyl (C=O) groups excluding carboxylic acids is 1. The minimum atomic E-state index is -0.141. The Balaban J connectivity index is 1.98. The van der Waals surface area contributed by atoms with Crippen LogP contribution in [0, 0.1) is 13.8 Å². The predicted molar refractivity (Wildman–Crippen MR) is 100 cm³/mol. The highest BCUT2D eigenvalue weighted by Crippen LogP contribution is 2.31. The number of anilines is 2.